The van der Waals surface area contributed by atoms with Crippen LogP contribution in [0.2, 0.25) is 23.3 Å². The van der Waals surface area contributed by atoms with E-state index in [2.05, 4.69) is 54.1 Å². The lowest BCUT2D eigenvalue weighted by atomic mass is 10.1. The summed E-state index contributed by atoms with van der Waals surface area (Å²) in [4.78, 5) is 12.6. The van der Waals surface area contributed by atoms with Crippen LogP contribution in [0.25, 0.3) is 0 Å². The molecule has 0 amide bonds. The highest BCUT2D eigenvalue weighted by Gasteiger charge is 2.36. The first-order chi connectivity index (χ1) is 8.71. The molecule has 0 unspecified atom stereocenters. The van der Waals surface area contributed by atoms with Gasteiger partial charge in [-0.1, -0.05) is 45.5 Å². The van der Waals surface area contributed by atoms with Crippen molar-refractivity contribution in [1.82, 2.24) is 9.97 Å². The monoisotopic (exact) mass is 298 g/mol. The summed E-state index contributed by atoms with van der Waals surface area (Å²) in [6.45, 7) is 12.3. The first-order valence-electron chi connectivity index (χ1n) is 6.79. The van der Waals surface area contributed by atoms with Gasteiger partial charge in [-0.15, -0.1) is 0 Å². The Morgan fingerprint density at radius 3 is 2.58 bits per heavy atom. The molecule has 0 spiro atoms. The van der Waals surface area contributed by atoms with Crippen LogP contribution in [0.1, 0.15) is 32.8 Å². The summed E-state index contributed by atoms with van der Waals surface area (Å²) < 4.78 is 0. The second-order valence-electron chi connectivity index (χ2n) is 6.70. The summed E-state index contributed by atoms with van der Waals surface area (Å²) in [6, 6.07) is 0. The van der Waals surface area contributed by atoms with Crippen LogP contribution in [-0.4, -0.2) is 24.7 Å². The van der Waals surface area contributed by atoms with Crippen molar-refractivity contribution in [2.24, 2.45) is 0 Å². The molecule has 1 aromatic rings. The molecule has 1 aliphatic heterocycles. The minimum atomic E-state index is -1.68. The van der Waals surface area contributed by atoms with Crippen molar-refractivity contribution in [2.45, 2.75) is 51.7 Å². The fourth-order valence-corrected chi connectivity index (χ4v) is 3.13. The molecule has 0 saturated heterocycles. The van der Waals surface area contributed by atoms with Crippen molar-refractivity contribution in [3.8, 4) is 0 Å². The Morgan fingerprint density at radius 2 is 1.95 bits per heavy atom. The molecule has 2 rings (SSSR count). The van der Waals surface area contributed by atoms with Crippen molar-refractivity contribution in [2.75, 3.05) is 16.8 Å². The van der Waals surface area contributed by atoms with Crippen molar-refractivity contribution >= 4 is 31.6 Å². The van der Waals surface area contributed by atoms with E-state index in [9.17, 15) is 0 Å². The third kappa shape index (κ3) is 3.03. The lowest BCUT2D eigenvalue weighted by molar-refractivity contribution is 0.722. The summed E-state index contributed by atoms with van der Waals surface area (Å²) in [5.41, 5.74) is 1.05. The summed E-state index contributed by atoms with van der Waals surface area (Å²) in [6.07, 6.45) is 2.05. The van der Waals surface area contributed by atoms with E-state index in [-0.39, 0.29) is 5.04 Å². The molecular formula is C13H23ClN4Si. The van der Waals surface area contributed by atoms with Crippen LogP contribution in [0, 0.1) is 0 Å². The fraction of sp³-hybridized carbons (Fsp3) is 0.692. The van der Waals surface area contributed by atoms with Crippen LogP contribution in [0.15, 0.2) is 0 Å². The molecule has 2 heterocycles. The van der Waals surface area contributed by atoms with E-state index >= 15 is 0 Å². The van der Waals surface area contributed by atoms with E-state index < -0.39 is 8.24 Å². The maximum absolute atomic E-state index is 6.27. The zero-order chi connectivity index (χ0) is 14.3. The number of anilines is 2. The summed E-state index contributed by atoms with van der Waals surface area (Å²) in [5, 5.41) is 4.12. The van der Waals surface area contributed by atoms with Crippen molar-refractivity contribution < 1.29 is 0 Å². The van der Waals surface area contributed by atoms with Gasteiger partial charge in [0.1, 0.15) is 11.0 Å². The van der Waals surface area contributed by atoms with Crippen LogP contribution >= 0.6 is 11.6 Å². The van der Waals surface area contributed by atoms with Crippen molar-refractivity contribution in [3.63, 3.8) is 0 Å². The molecule has 0 aliphatic carbocycles. The SMILES string of the molecule is CC(C)(C)[Si](C)(C)Nc1nc(Cl)c2c(n1)NCCC2. The molecule has 0 radical (unpaired) electrons. The third-order valence-electron chi connectivity index (χ3n) is 4.15. The first kappa shape index (κ1) is 14.6. The van der Waals surface area contributed by atoms with Crippen LogP contribution in [0.5, 0.6) is 0 Å². The molecule has 4 nitrogen and oxygen atoms in total. The van der Waals surface area contributed by atoms with Gasteiger partial charge in [-0.05, 0) is 17.9 Å². The highest BCUT2D eigenvalue weighted by Crippen LogP contribution is 2.36. The normalized spacial score (nSPS) is 15.7. The number of hydrogen-bond donors (Lipinski definition) is 2. The molecule has 0 aromatic carbocycles. The molecule has 1 aliphatic rings. The van der Waals surface area contributed by atoms with E-state index in [1.54, 1.807) is 0 Å². The quantitative estimate of drug-likeness (QED) is 0.642. The molecule has 1 aromatic heterocycles. The number of rotatable bonds is 2. The Balaban J connectivity index is 2.30. The average Bonchev–Trinajstić information content (AvgIpc) is 2.27. The first-order valence-corrected chi connectivity index (χ1v) is 10.2. The standard InChI is InChI=1S/C13H23ClN4Si/c1-13(2,3)19(4,5)18-12-16-10(14)9-7-6-8-15-11(9)17-12/h6-8H2,1-5H3,(H2,15,16,17,18). The number of halogens is 1. The Kier molecular flexibility index (Phi) is 3.80. The van der Waals surface area contributed by atoms with Gasteiger partial charge >= 0.3 is 0 Å². The Morgan fingerprint density at radius 1 is 1.26 bits per heavy atom. The predicted octanol–water partition coefficient (Wildman–Crippen LogP) is 3.91. The highest BCUT2D eigenvalue weighted by molar-refractivity contribution is 6.82. The lowest BCUT2D eigenvalue weighted by Gasteiger charge is -2.37. The summed E-state index contributed by atoms with van der Waals surface area (Å²) >= 11 is 6.27. The topological polar surface area (TPSA) is 49.8 Å². The van der Waals surface area contributed by atoms with Gasteiger partial charge in [0, 0.05) is 12.1 Å². The molecule has 19 heavy (non-hydrogen) atoms. The molecule has 0 bridgehead atoms. The minimum Gasteiger partial charge on any atom is -0.380 e. The third-order valence-corrected chi connectivity index (χ3v) is 9.06. The molecule has 2 N–H and O–H groups in total. The van der Waals surface area contributed by atoms with Crippen molar-refractivity contribution in [1.29, 1.82) is 0 Å². The van der Waals surface area contributed by atoms with Gasteiger partial charge < -0.3 is 10.3 Å². The Labute approximate surface area is 121 Å². The number of aromatic nitrogens is 2. The second kappa shape index (κ2) is 4.94. The summed E-state index contributed by atoms with van der Waals surface area (Å²) in [5.74, 6) is 1.55. The van der Waals surface area contributed by atoms with Crippen LogP contribution in [-0.2, 0) is 6.42 Å². The Bertz CT molecular complexity index is 482. The van der Waals surface area contributed by atoms with Gasteiger partial charge in [0.2, 0.25) is 5.95 Å². The maximum atomic E-state index is 6.27. The zero-order valence-corrected chi connectivity index (χ0v) is 14.1. The summed E-state index contributed by atoms with van der Waals surface area (Å²) in [7, 11) is -1.68. The highest BCUT2D eigenvalue weighted by atomic mass is 35.5. The number of nitrogens with zero attached hydrogens (tertiary/aromatic N) is 2. The smallest absolute Gasteiger partial charge is 0.217 e. The minimum absolute atomic E-state index is 0.228. The van der Waals surface area contributed by atoms with E-state index in [1.165, 1.54) is 0 Å². The van der Waals surface area contributed by atoms with E-state index in [1.807, 2.05) is 0 Å². The lowest BCUT2D eigenvalue weighted by Crippen LogP contribution is -2.46. The van der Waals surface area contributed by atoms with E-state index in [0.717, 1.165) is 30.8 Å². The molecular weight excluding hydrogens is 276 g/mol. The van der Waals surface area contributed by atoms with Crippen LogP contribution in [0.3, 0.4) is 0 Å². The van der Waals surface area contributed by atoms with Crippen molar-refractivity contribution in [3.05, 3.63) is 10.7 Å². The fourth-order valence-electron chi connectivity index (χ4n) is 1.82. The molecule has 106 valence electrons. The van der Waals surface area contributed by atoms with E-state index in [4.69, 9.17) is 11.6 Å². The molecule has 0 saturated carbocycles. The Hall–Kier alpha value is -0.813. The van der Waals surface area contributed by atoms with Gasteiger partial charge in [0.15, 0.2) is 8.24 Å². The van der Waals surface area contributed by atoms with Gasteiger partial charge in [-0.2, -0.15) is 4.98 Å². The maximum Gasteiger partial charge on any atom is 0.217 e. The van der Waals surface area contributed by atoms with Gasteiger partial charge in [0.05, 0.1) is 0 Å². The van der Waals surface area contributed by atoms with Crippen LogP contribution < -0.4 is 10.3 Å². The number of nitrogens with one attached hydrogen (secondary N) is 2. The average molecular weight is 299 g/mol. The second-order valence-corrected chi connectivity index (χ2v) is 12.1. The molecule has 0 atom stereocenters. The number of fused-ring (bicyclic) bond motifs is 1. The van der Waals surface area contributed by atoms with Crippen LogP contribution in [0.4, 0.5) is 11.8 Å². The van der Waals surface area contributed by atoms with Gasteiger partial charge in [-0.3, -0.25) is 0 Å². The molecule has 0 fully saturated rings. The zero-order valence-electron chi connectivity index (χ0n) is 12.4. The molecule has 6 heteroatoms. The van der Waals surface area contributed by atoms with E-state index in [0.29, 0.717) is 11.1 Å². The van der Waals surface area contributed by atoms with Gasteiger partial charge in [0.25, 0.3) is 0 Å². The predicted molar refractivity (Wildman–Crippen MR) is 84.7 cm³/mol. The van der Waals surface area contributed by atoms with Gasteiger partial charge in [-0.25, -0.2) is 4.98 Å². The number of hydrogen-bond acceptors (Lipinski definition) is 4. The largest absolute Gasteiger partial charge is 0.380 e.